The van der Waals surface area contributed by atoms with Crippen molar-refractivity contribution in [1.29, 1.82) is 0 Å². The molecule has 1 aliphatic rings. The van der Waals surface area contributed by atoms with E-state index in [2.05, 4.69) is 46.6 Å². The van der Waals surface area contributed by atoms with Gasteiger partial charge >= 0.3 is 0 Å². The Bertz CT molecular complexity index is 1120. The minimum atomic E-state index is 0.444. The van der Waals surface area contributed by atoms with Crippen LogP contribution in [0.25, 0.3) is 16.8 Å². The average Bonchev–Trinajstić information content (AvgIpc) is 3.47. The molecule has 1 saturated carbocycles. The summed E-state index contributed by atoms with van der Waals surface area (Å²) in [6.07, 6.45) is 5.48. The van der Waals surface area contributed by atoms with Gasteiger partial charge in [0.25, 0.3) is 0 Å². The molecule has 5 rings (SSSR count). The molecule has 2 aromatic heterocycles. The smallest absolute Gasteiger partial charge is 0.183 e. The lowest BCUT2D eigenvalue weighted by atomic mass is 10.0. The molecule has 0 N–H and O–H groups in total. The quantitative estimate of drug-likeness (QED) is 0.432. The van der Waals surface area contributed by atoms with Gasteiger partial charge in [0.15, 0.2) is 5.65 Å². The first-order valence-corrected chi connectivity index (χ1v) is 9.95. The van der Waals surface area contributed by atoms with Crippen LogP contribution in [-0.4, -0.2) is 14.6 Å². The van der Waals surface area contributed by atoms with E-state index >= 15 is 0 Å². The number of ether oxygens (including phenoxy) is 1. The van der Waals surface area contributed by atoms with Crippen LogP contribution in [-0.2, 0) is 13.0 Å². The molecule has 0 aliphatic heterocycles. The van der Waals surface area contributed by atoms with Crippen molar-refractivity contribution >= 4 is 17.2 Å². The Morgan fingerprint density at radius 3 is 2.61 bits per heavy atom. The third kappa shape index (κ3) is 3.48. The van der Waals surface area contributed by atoms with Crippen molar-refractivity contribution < 1.29 is 4.74 Å². The predicted octanol–water partition coefficient (Wildman–Crippen LogP) is 5.58. The minimum Gasteiger partial charge on any atom is -0.487 e. The summed E-state index contributed by atoms with van der Waals surface area (Å²) in [6.45, 7) is 0.444. The highest BCUT2D eigenvalue weighted by atomic mass is 35.5. The van der Waals surface area contributed by atoms with Gasteiger partial charge in [-0.2, -0.15) is 0 Å². The molecule has 0 unspecified atom stereocenters. The molecule has 4 aromatic rings. The van der Waals surface area contributed by atoms with Gasteiger partial charge in [0.1, 0.15) is 23.2 Å². The van der Waals surface area contributed by atoms with Crippen molar-refractivity contribution in [3.63, 3.8) is 0 Å². The summed E-state index contributed by atoms with van der Waals surface area (Å²) in [6, 6.07) is 20.6. The highest BCUT2D eigenvalue weighted by molar-refractivity contribution is 6.34. The maximum absolute atomic E-state index is 6.55. The van der Waals surface area contributed by atoms with Crippen LogP contribution < -0.4 is 4.74 Å². The lowest BCUT2D eigenvalue weighted by Crippen LogP contribution is -2.00. The third-order valence-corrected chi connectivity index (χ3v) is 5.51. The minimum absolute atomic E-state index is 0.444. The zero-order chi connectivity index (χ0) is 18.9. The van der Waals surface area contributed by atoms with E-state index in [1.807, 2.05) is 34.9 Å². The third-order valence-electron chi connectivity index (χ3n) is 5.15. The Morgan fingerprint density at radius 2 is 1.79 bits per heavy atom. The summed E-state index contributed by atoms with van der Waals surface area (Å²) < 4.78 is 7.99. The van der Waals surface area contributed by atoms with Crippen LogP contribution in [0.3, 0.4) is 0 Å². The van der Waals surface area contributed by atoms with Crippen LogP contribution in [0.15, 0.2) is 66.9 Å². The second-order valence-electron chi connectivity index (χ2n) is 7.31. The summed E-state index contributed by atoms with van der Waals surface area (Å²) >= 11 is 6.55. The van der Waals surface area contributed by atoms with Crippen LogP contribution in [0.1, 0.15) is 24.2 Å². The number of aromatic nitrogens is 3. The Labute approximate surface area is 168 Å². The molecule has 0 spiro atoms. The Morgan fingerprint density at radius 1 is 0.964 bits per heavy atom. The Balaban J connectivity index is 1.35. The van der Waals surface area contributed by atoms with E-state index in [9.17, 15) is 0 Å². The van der Waals surface area contributed by atoms with Crippen molar-refractivity contribution in [3.05, 3.63) is 83.3 Å². The molecule has 0 atom stereocenters. The van der Waals surface area contributed by atoms with Crippen LogP contribution in [0.2, 0.25) is 5.02 Å². The SMILES string of the molecule is Clc1c(OCc2cccc(-c3ccccc3)c2)ccn2c(CC3CC3)nnc12. The van der Waals surface area contributed by atoms with E-state index in [0.29, 0.717) is 23.0 Å². The molecule has 1 aliphatic carbocycles. The first-order chi connectivity index (χ1) is 13.8. The molecule has 140 valence electrons. The molecule has 28 heavy (non-hydrogen) atoms. The molecule has 0 bridgehead atoms. The zero-order valence-corrected chi connectivity index (χ0v) is 16.1. The number of rotatable bonds is 6. The maximum Gasteiger partial charge on any atom is 0.183 e. The summed E-state index contributed by atoms with van der Waals surface area (Å²) in [4.78, 5) is 0. The van der Waals surface area contributed by atoms with E-state index in [-0.39, 0.29) is 0 Å². The fourth-order valence-electron chi connectivity index (χ4n) is 3.42. The fraction of sp³-hybridized carbons (Fsp3) is 0.217. The van der Waals surface area contributed by atoms with Crippen molar-refractivity contribution in [2.45, 2.75) is 25.9 Å². The number of pyridine rings is 1. The van der Waals surface area contributed by atoms with Crippen molar-refractivity contribution in [2.75, 3.05) is 0 Å². The van der Waals surface area contributed by atoms with Gasteiger partial charge in [0.2, 0.25) is 0 Å². The molecule has 5 heteroatoms. The van der Waals surface area contributed by atoms with E-state index < -0.39 is 0 Å². The molecule has 0 amide bonds. The first kappa shape index (κ1) is 17.3. The van der Waals surface area contributed by atoms with Crippen LogP contribution in [0, 0.1) is 5.92 Å². The number of benzene rings is 2. The lowest BCUT2D eigenvalue weighted by molar-refractivity contribution is 0.306. The lowest BCUT2D eigenvalue weighted by Gasteiger charge is -2.10. The Kier molecular flexibility index (Phi) is 4.49. The first-order valence-electron chi connectivity index (χ1n) is 9.57. The molecule has 1 fully saturated rings. The van der Waals surface area contributed by atoms with Crippen molar-refractivity contribution in [3.8, 4) is 16.9 Å². The molecule has 2 heterocycles. The van der Waals surface area contributed by atoms with Crippen LogP contribution in [0.5, 0.6) is 5.75 Å². The standard InChI is InChI=1S/C23H20ClN3O/c24-22-20(11-12-27-21(14-16-9-10-16)25-26-23(22)27)28-15-17-5-4-8-19(13-17)18-6-2-1-3-7-18/h1-8,11-13,16H,9-10,14-15H2. The molecular weight excluding hydrogens is 370 g/mol. The van der Waals surface area contributed by atoms with E-state index in [0.717, 1.165) is 23.7 Å². The van der Waals surface area contributed by atoms with Gasteiger partial charge in [-0.15, -0.1) is 10.2 Å². The number of halogens is 1. The summed E-state index contributed by atoms with van der Waals surface area (Å²) in [5.41, 5.74) is 4.11. The second-order valence-corrected chi connectivity index (χ2v) is 7.68. The highest BCUT2D eigenvalue weighted by Crippen LogP contribution is 2.34. The molecule has 2 aromatic carbocycles. The van der Waals surface area contributed by atoms with Gasteiger partial charge < -0.3 is 4.74 Å². The summed E-state index contributed by atoms with van der Waals surface area (Å²) in [5, 5.41) is 9.09. The van der Waals surface area contributed by atoms with Gasteiger partial charge in [0.05, 0.1) is 0 Å². The summed E-state index contributed by atoms with van der Waals surface area (Å²) in [7, 11) is 0. The monoisotopic (exact) mass is 389 g/mol. The molecule has 0 radical (unpaired) electrons. The van der Waals surface area contributed by atoms with Crippen molar-refractivity contribution in [1.82, 2.24) is 14.6 Å². The van der Waals surface area contributed by atoms with Gasteiger partial charge in [-0.3, -0.25) is 4.40 Å². The molecule has 4 nitrogen and oxygen atoms in total. The maximum atomic E-state index is 6.55. The summed E-state index contributed by atoms with van der Waals surface area (Å²) in [5.74, 6) is 2.35. The van der Waals surface area contributed by atoms with Gasteiger partial charge in [-0.25, -0.2) is 0 Å². The number of nitrogens with zero attached hydrogens (tertiary/aromatic N) is 3. The van der Waals surface area contributed by atoms with Crippen LogP contribution in [0.4, 0.5) is 0 Å². The number of fused-ring (bicyclic) bond motifs is 1. The second kappa shape index (κ2) is 7.28. The normalized spacial score (nSPS) is 13.8. The molecule has 0 saturated heterocycles. The fourth-order valence-corrected chi connectivity index (χ4v) is 3.67. The predicted molar refractivity (Wildman–Crippen MR) is 111 cm³/mol. The Hall–Kier alpha value is -2.85. The van der Waals surface area contributed by atoms with Gasteiger partial charge in [-0.05, 0) is 47.6 Å². The largest absolute Gasteiger partial charge is 0.487 e. The zero-order valence-electron chi connectivity index (χ0n) is 15.4. The van der Waals surface area contributed by atoms with Gasteiger partial charge in [0, 0.05) is 12.6 Å². The van der Waals surface area contributed by atoms with Gasteiger partial charge in [-0.1, -0.05) is 60.1 Å². The van der Waals surface area contributed by atoms with E-state index in [1.165, 1.54) is 24.0 Å². The molecular formula is C23H20ClN3O. The number of hydrogen-bond acceptors (Lipinski definition) is 3. The topological polar surface area (TPSA) is 39.4 Å². The highest BCUT2D eigenvalue weighted by Gasteiger charge is 2.24. The number of hydrogen-bond donors (Lipinski definition) is 0. The van der Waals surface area contributed by atoms with Crippen LogP contribution >= 0.6 is 11.6 Å². The van der Waals surface area contributed by atoms with E-state index in [4.69, 9.17) is 16.3 Å². The average molecular weight is 390 g/mol. The van der Waals surface area contributed by atoms with Crippen molar-refractivity contribution in [2.24, 2.45) is 5.92 Å². The van der Waals surface area contributed by atoms with E-state index in [1.54, 1.807) is 0 Å².